The maximum Gasteiger partial charge on any atom is 0.0601 e. The van der Waals surface area contributed by atoms with Crippen molar-refractivity contribution < 1.29 is 0 Å². The zero-order chi connectivity index (χ0) is 11.0. The van der Waals surface area contributed by atoms with E-state index in [1.54, 1.807) is 11.3 Å². The second kappa shape index (κ2) is 4.24. The van der Waals surface area contributed by atoms with Crippen LogP contribution in [0.5, 0.6) is 0 Å². The molecule has 0 saturated carbocycles. The van der Waals surface area contributed by atoms with Gasteiger partial charge < -0.3 is 5.73 Å². The highest BCUT2D eigenvalue weighted by Crippen LogP contribution is 2.41. The molecule has 0 fully saturated rings. The molecule has 1 nitrogen and oxygen atoms in total. The summed E-state index contributed by atoms with van der Waals surface area (Å²) >= 11 is 3.71. The van der Waals surface area contributed by atoms with E-state index in [2.05, 4.69) is 41.8 Å². The molecule has 1 heterocycles. The van der Waals surface area contributed by atoms with E-state index >= 15 is 0 Å². The largest absolute Gasteiger partial charge is 0.323 e. The Kier molecular flexibility index (Phi) is 2.75. The van der Waals surface area contributed by atoms with Gasteiger partial charge in [-0.05, 0) is 29.0 Å². The van der Waals surface area contributed by atoms with Crippen molar-refractivity contribution in [2.75, 3.05) is 0 Å². The van der Waals surface area contributed by atoms with E-state index < -0.39 is 0 Å². The normalized spacial score (nSPS) is 23.3. The van der Waals surface area contributed by atoms with Gasteiger partial charge in [-0.25, -0.2) is 0 Å². The molecule has 0 amide bonds. The lowest BCUT2D eigenvalue weighted by molar-refractivity contribution is 0.732. The third kappa shape index (κ3) is 1.79. The van der Waals surface area contributed by atoms with Crippen LogP contribution in [0.4, 0.5) is 0 Å². The zero-order valence-electron chi connectivity index (χ0n) is 8.80. The lowest BCUT2D eigenvalue weighted by Crippen LogP contribution is -2.18. The first-order valence-electron chi connectivity index (χ1n) is 5.38. The summed E-state index contributed by atoms with van der Waals surface area (Å²) in [5.74, 6) is 0. The number of fused-ring (bicyclic) bond motifs is 1. The van der Waals surface area contributed by atoms with Crippen LogP contribution in [0.1, 0.15) is 17.2 Å². The molecule has 1 aromatic carbocycles. The maximum absolute atomic E-state index is 6.29. The molecule has 1 aliphatic carbocycles. The van der Waals surface area contributed by atoms with E-state index in [0.29, 0.717) is 5.25 Å². The summed E-state index contributed by atoms with van der Waals surface area (Å²) in [4.78, 5) is 0. The van der Waals surface area contributed by atoms with Crippen molar-refractivity contribution in [2.45, 2.75) is 21.9 Å². The Balaban J connectivity index is 1.82. The molecule has 0 saturated heterocycles. The van der Waals surface area contributed by atoms with Gasteiger partial charge in [0.1, 0.15) is 0 Å². The Hall–Kier alpha value is -0.770. The van der Waals surface area contributed by atoms with Crippen molar-refractivity contribution in [1.29, 1.82) is 0 Å². The van der Waals surface area contributed by atoms with Crippen molar-refractivity contribution >= 4 is 23.1 Å². The zero-order valence-corrected chi connectivity index (χ0v) is 10.4. The van der Waals surface area contributed by atoms with Crippen LogP contribution in [-0.4, -0.2) is 5.25 Å². The van der Waals surface area contributed by atoms with Crippen LogP contribution in [0, 0.1) is 0 Å². The van der Waals surface area contributed by atoms with Crippen molar-refractivity contribution in [3.05, 3.63) is 52.9 Å². The first-order chi connectivity index (χ1) is 7.84. The molecule has 3 heteroatoms. The van der Waals surface area contributed by atoms with Gasteiger partial charge in [-0.2, -0.15) is 0 Å². The highest BCUT2D eigenvalue weighted by Gasteiger charge is 2.30. The van der Waals surface area contributed by atoms with Crippen molar-refractivity contribution in [3.63, 3.8) is 0 Å². The molecule has 1 aliphatic rings. The molecule has 0 bridgehead atoms. The summed E-state index contributed by atoms with van der Waals surface area (Å²) in [6.45, 7) is 0. The molecule has 2 N–H and O–H groups in total. The van der Waals surface area contributed by atoms with Crippen molar-refractivity contribution in [2.24, 2.45) is 5.73 Å². The van der Waals surface area contributed by atoms with Gasteiger partial charge in [-0.15, -0.1) is 23.1 Å². The Morgan fingerprint density at radius 3 is 2.81 bits per heavy atom. The fourth-order valence-corrected chi connectivity index (χ4v) is 4.40. The van der Waals surface area contributed by atoms with E-state index in [9.17, 15) is 0 Å². The molecule has 2 atom stereocenters. The van der Waals surface area contributed by atoms with Gasteiger partial charge in [0.05, 0.1) is 4.21 Å². The summed E-state index contributed by atoms with van der Waals surface area (Å²) in [5, 5.41) is 2.62. The van der Waals surface area contributed by atoms with Gasteiger partial charge in [-0.3, -0.25) is 0 Å². The SMILES string of the molecule is NC1c2ccccc2CC1Sc1cccs1. The van der Waals surface area contributed by atoms with E-state index in [0.717, 1.165) is 6.42 Å². The first-order valence-corrected chi connectivity index (χ1v) is 7.14. The minimum absolute atomic E-state index is 0.184. The van der Waals surface area contributed by atoms with Gasteiger partial charge in [0.2, 0.25) is 0 Å². The Morgan fingerprint density at radius 1 is 1.19 bits per heavy atom. The summed E-state index contributed by atoms with van der Waals surface area (Å²) in [6, 6.07) is 13.0. The highest BCUT2D eigenvalue weighted by molar-refractivity contribution is 8.01. The predicted octanol–water partition coefficient (Wildman–Crippen LogP) is 3.46. The monoisotopic (exact) mass is 247 g/mol. The minimum Gasteiger partial charge on any atom is -0.323 e. The molecule has 3 rings (SSSR count). The Bertz CT molecular complexity index is 476. The number of nitrogens with two attached hydrogens (primary N) is 1. The summed E-state index contributed by atoms with van der Waals surface area (Å²) in [7, 11) is 0. The van der Waals surface area contributed by atoms with E-state index in [1.807, 2.05) is 11.8 Å². The summed E-state index contributed by atoms with van der Waals surface area (Å²) < 4.78 is 1.37. The number of hydrogen-bond donors (Lipinski definition) is 1. The van der Waals surface area contributed by atoms with Crippen LogP contribution < -0.4 is 5.73 Å². The van der Waals surface area contributed by atoms with Crippen LogP contribution in [0.15, 0.2) is 46.0 Å². The van der Waals surface area contributed by atoms with E-state index in [-0.39, 0.29) is 6.04 Å². The Labute approximate surface area is 104 Å². The first kappa shape index (κ1) is 10.4. The van der Waals surface area contributed by atoms with Gasteiger partial charge in [0.25, 0.3) is 0 Å². The second-order valence-electron chi connectivity index (χ2n) is 4.02. The van der Waals surface area contributed by atoms with E-state index in [4.69, 9.17) is 5.73 Å². The van der Waals surface area contributed by atoms with Crippen LogP contribution in [0.3, 0.4) is 0 Å². The molecular formula is C13H13NS2. The summed E-state index contributed by atoms with van der Waals surface area (Å²) in [5.41, 5.74) is 9.04. The third-order valence-electron chi connectivity index (χ3n) is 3.00. The number of benzene rings is 1. The Morgan fingerprint density at radius 2 is 2.06 bits per heavy atom. The molecule has 1 aromatic heterocycles. The molecule has 82 valence electrons. The molecule has 0 aliphatic heterocycles. The van der Waals surface area contributed by atoms with Crippen LogP contribution in [0.2, 0.25) is 0 Å². The van der Waals surface area contributed by atoms with Crippen LogP contribution in [0.25, 0.3) is 0 Å². The standard InChI is InChI=1S/C13H13NS2/c14-13-10-5-2-1-4-9(10)8-11(13)16-12-6-3-7-15-12/h1-7,11,13H,8,14H2. The van der Waals surface area contributed by atoms with Crippen molar-refractivity contribution in [1.82, 2.24) is 0 Å². The lowest BCUT2D eigenvalue weighted by Gasteiger charge is -2.14. The molecule has 16 heavy (non-hydrogen) atoms. The van der Waals surface area contributed by atoms with Gasteiger partial charge >= 0.3 is 0 Å². The van der Waals surface area contributed by atoms with Gasteiger partial charge in [0, 0.05) is 11.3 Å². The highest BCUT2D eigenvalue weighted by atomic mass is 32.2. The number of thiophene rings is 1. The number of rotatable bonds is 2. The summed E-state index contributed by atoms with van der Waals surface area (Å²) in [6.07, 6.45) is 1.10. The third-order valence-corrected chi connectivity index (χ3v) is 5.37. The second-order valence-corrected chi connectivity index (χ2v) is 6.50. The predicted molar refractivity (Wildman–Crippen MR) is 71.0 cm³/mol. The quantitative estimate of drug-likeness (QED) is 0.879. The number of thioether (sulfide) groups is 1. The maximum atomic E-state index is 6.29. The minimum atomic E-state index is 0.184. The van der Waals surface area contributed by atoms with Crippen LogP contribution in [-0.2, 0) is 6.42 Å². The lowest BCUT2D eigenvalue weighted by atomic mass is 10.1. The molecule has 0 radical (unpaired) electrons. The smallest absolute Gasteiger partial charge is 0.0601 e. The number of hydrogen-bond acceptors (Lipinski definition) is 3. The topological polar surface area (TPSA) is 26.0 Å². The fraction of sp³-hybridized carbons (Fsp3) is 0.231. The van der Waals surface area contributed by atoms with E-state index in [1.165, 1.54) is 15.3 Å². The molecule has 2 aromatic rings. The van der Waals surface area contributed by atoms with Gasteiger partial charge in [0.15, 0.2) is 0 Å². The average Bonchev–Trinajstić information content (AvgIpc) is 2.90. The fourth-order valence-electron chi connectivity index (χ4n) is 2.18. The molecule has 2 unspecified atom stereocenters. The molecule has 0 spiro atoms. The van der Waals surface area contributed by atoms with Gasteiger partial charge in [-0.1, -0.05) is 30.3 Å². The molecular weight excluding hydrogens is 234 g/mol. The average molecular weight is 247 g/mol. The van der Waals surface area contributed by atoms with Crippen molar-refractivity contribution in [3.8, 4) is 0 Å². The van der Waals surface area contributed by atoms with Crippen LogP contribution >= 0.6 is 23.1 Å².